The van der Waals surface area contributed by atoms with Crippen molar-refractivity contribution in [3.8, 4) is 0 Å². The van der Waals surface area contributed by atoms with Crippen LogP contribution in [-0.2, 0) is 4.74 Å². The number of rotatable bonds is 4. The van der Waals surface area contributed by atoms with Crippen LogP contribution in [0.25, 0.3) is 0 Å². The van der Waals surface area contributed by atoms with Gasteiger partial charge in [-0.3, -0.25) is 4.90 Å². The number of hydrogen-bond acceptors (Lipinski definition) is 3. The summed E-state index contributed by atoms with van der Waals surface area (Å²) >= 11 is 0. The van der Waals surface area contributed by atoms with E-state index in [0.717, 1.165) is 38.5 Å². The van der Waals surface area contributed by atoms with Crippen LogP contribution in [0.3, 0.4) is 0 Å². The third-order valence-corrected chi connectivity index (χ3v) is 2.08. The second kappa shape index (κ2) is 5.25. The smallest absolute Gasteiger partial charge is 0.0597 e. The van der Waals surface area contributed by atoms with Crippen molar-refractivity contribution in [2.45, 2.75) is 20.0 Å². The fourth-order valence-corrected chi connectivity index (χ4v) is 1.40. The summed E-state index contributed by atoms with van der Waals surface area (Å²) in [7, 11) is 0. The Morgan fingerprint density at radius 2 is 2.38 bits per heavy atom. The Bertz CT molecular complexity index is 168. The van der Waals surface area contributed by atoms with Crippen molar-refractivity contribution in [2.75, 3.05) is 32.8 Å². The minimum absolute atomic E-state index is 0.339. The molecule has 0 aromatic rings. The van der Waals surface area contributed by atoms with Crippen LogP contribution < -0.4 is 5.32 Å². The number of nitrogens with zero attached hydrogens (tertiary/aromatic N) is 1. The van der Waals surface area contributed by atoms with Gasteiger partial charge in [-0.25, -0.2) is 0 Å². The van der Waals surface area contributed by atoms with Gasteiger partial charge < -0.3 is 10.1 Å². The van der Waals surface area contributed by atoms with E-state index in [1.54, 1.807) is 0 Å². The van der Waals surface area contributed by atoms with Crippen molar-refractivity contribution >= 4 is 0 Å². The minimum atomic E-state index is 0.339. The molecule has 1 fully saturated rings. The monoisotopic (exact) mass is 184 g/mol. The SMILES string of the molecule is C=C1CN(CCOC(C)C)CCN1. The molecule has 0 aromatic carbocycles. The molecule has 1 rings (SSSR count). The molecular formula is C10H20N2O. The maximum absolute atomic E-state index is 5.49. The first-order chi connectivity index (χ1) is 6.18. The molecule has 0 spiro atoms. The summed E-state index contributed by atoms with van der Waals surface area (Å²) in [6, 6.07) is 0. The van der Waals surface area contributed by atoms with Gasteiger partial charge in [0.1, 0.15) is 0 Å². The van der Waals surface area contributed by atoms with E-state index in [9.17, 15) is 0 Å². The lowest BCUT2D eigenvalue weighted by Crippen LogP contribution is -2.43. The Morgan fingerprint density at radius 1 is 1.62 bits per heavy atom. The molecular weight excluding hydrogens is 164 g/mol. The summed E-state index contributed by atoms with van der Waals surface area (Å²) in [4.78, 5) is 2.36. The standard InChI is InChI=1S/C10H20N2O/c1-9(2)13-7-6-12-5-4-11-10(3)8-12/h9,11H,3-8H2,1-2H3. The molecule has 0 saturated carbocycles. The zero-order chi connectivity index (χ0) is 9.68. The maximum atomic E-state index is 5.49. The molecule has 13 heavy (non-hydrogen) atoms. The van der Waals surface area contributed by atoms with E-state index in [-0.39, 0.29) is 0 Å². The number of piperazine rings is 1. The molecule has 1 saturated heterocycles. The van der Waals surface area contributed by atoms with Crippen molar-refractivity contribution in [2.24, 2.45) is 0 Å². The van der Waals surface area contributed by atoms with Gasteiger partial charge in [0.25, 0.3) is 0 Å². The van der Waals surface area contributed by atoms with Crippen LogP contribution in [0.1, 0.15) is 13.8 Å². The van der Waals surface area contributed by atoms with Crippen molar-refractivity contribution in [3.63, 3.8) is 0 Å². The normalized spacial score (nSPS) is 19.2. The molecule has 76 valence electrons. The molecule has 0 aliphatic carbocycles. The largest absolute Gasteiger partial charge is 0.386 e. The van der Waals surface area contributed by atoms with Gasteiger partial charge >= 0.3 is 0 Å². The summed E-state index contributed by atoms with van der Waals surface area (Å²) in [5, 5.41) is 3.23. The van der Waals surface area contributed by atoms with E-state index in [0.29, 0.717) is 6.10 Å². The van der Waals surface area contributed by atoms with Crippen LogP contribution in [0.4, 0.5) is 0 Å². The summed E-state index contributed by atoms with van der Waals surface area (Å²) < 4.78 is 5.49. The quantitative estimate of drug-likeness (QED) is 0.700. The van der Waals surface area contributed by atoms with Crippen molar-refractivity contribution in [1.29, 1.82) is 0 Å². The number of hydrogen-bond donors (Lipinski definition) is 1. The summed E-state index contributed by atoms with van der Waals surface area (Å²) in [6.07, 6.45) is 0.339. The second-order valence-corrected chi connectivity index (χ2v) is 3.73. The number of nitrogens with one attached hydrogen (secondary N) is 1. The lowest BCUT2D eigenvalue weighted by molar-refractivity contribution is 0.0589. The van der Waals surface area contributed by atoms with Crippen molar-refractivity contribution in [3.05, 3.63) is 12.3 Å². The zero-order valence-corrected chi connectivity index (χ0v) is 8.68. The zero-order valence-electron chi connectivity index (χ0n) is 8.68. The van der Waals surface area contributed by atoms with Gasteiger partial charge in [-0.15, -0.1) is 0 Å². The van der Waals surface area contributed by atoms with Crippen LogP contribution in [0.15, 0.2) is 12.3 Å². The van der Waals surface area contributed by atoms with E-state index >= 15 is 0 Å². The average Bonchev–Trinajstić information content (AvgIpc) is 2.03. The minimum Gasteiger partial charge on any atom is -0.386 e. The number of ether oxygens (including phenoxy) is 1. The lowest BCUT2D eigenvalue weighted by Gasteiger charge is -2.29. The van der Waals surface area contributed by atoms with E-state index in [1.165, 1.54) is 0 Å². The van der Waals surface area contributed by atoms with Gasteiger partial charge in [0.15, 0.2) is 0 Å². The van der Waals surface area contributed by atoms with Gasteiger partial charge in [-0.05, 0) is 13.8 Å². The maximum Gasteiger partial charge on any atom is 0.0597 e. The van der Waals surface area contributed by atoms with E-state index < -0.39 is 0 Å². The van der Waals surface area contributed by atoms with Gasteiger partial charge in [0, 0.05) is 31.9 Å². The first kappa shape index (κ1) is 10.5. The molecule has 3 nitrogen and oxygen atoms in total. The first-order valence-electron chi connectivity index (χ1n) is 4.94. The molecule has 0 aromatic heterocycles. The van der Waals surface area contributed by atoms with Gasteiger partial charge in [0.05, 0.1) is 12.7 Å². The van der Waals surface area contributed by atoms with E-state index in [4.69, 9.17) is 4.74 Å². The molecule has 1 heterocycles. The van der Waals surface area contributed by atoms with Crippen LogP contribution >= 0.6 is 0 Å². The van der Waals surface area contributed by atoms with Crippen LogP contribution in [0, 0.1) is 0 Å². The lowest BCUT2D eigenvalue weighted by atomic mass is 10.3. The van der Waals surface area contributed by atoms with Crippen molar-refractivity contribution < 1.29 is 4.74 Å². The average molecular weight is 184 g/mol. The predicted octanol–water partition coefficient (Wildman–Crippen LogP) is 0.830. The summed E-state index contributed by atoms with van der Waals surface area (Å²) in [5.74, 6) is 0. The molecule has 0 atom stereocenters. The third kappa shape index (κ3) is 4.29. The summed E-state index contributed by atoms with van der Waals surface area (Å²) in [5.41, 5.74) is 1.12. The second-order valence-electron chi connectivity index (χ2n) is 3.73. The topological polar surface area (TPSA) is 24.5 Å². The highest BCUT2D eigenvalue weighted by Gasteiger charge is 2.11. The van der Waals surface area contributed by atoms with E-state index in [1.807, 2.05) is 0 Å². The molecule has 3 heteroatoms. The third-order valence-electron chi connectivity index (χ3n) is 2.08. The highest BCUT2D eigenvalue weighted by atomic mass is 16.5. The molecule has 1 N–H and O–H groups in total. The molecule has 0 unspecified atom stereocenters. The molecule has 0 radical (unpaired) electrons. The van der Waals surface area contributed by atoms with Gasteiger partial charge in [-0.2, -0.15) is 0 Å². The van der Waals surface area contributed by atoms with Gasteiger partial charge in [0.2, 0.25) is 0 Å². The fraction of sp³-hybridized carbons (Fsp3) is 0.800. The molecule has 1 aliphatic rings. The summed E-state index contributed by atoms with van der Waals surface area (Å²) in [6.45, 7) is 13.0. The fourth-order valence-electron chi connectivity index (χ4n) is 1.40. The Balaban J connectivity index is 2.10. The van der Waals surface area contributed by atoms with E-state index in [2.05, 4.69) is 30.6 Å². The first-order valence-corrected chi connectivity index (χ1v) is 4.94. The highest BCUT2D eigenvalue weighted by molar-refractivity contribution is 4.97. The molecule has 0 amide bonds. The molecule has 0 bridgehead atoms. The Kier molecular flexibility index (Phi) is 4.25. The highest BCUT2D eigenvalue weighted by Crippen LogP contribution is 1.99. The Hall–Kier alpha value is -0.540. The van der Waals surface area contributed by atoms with Crippen LogP contribution in [0.2, 0.25) is 0 Å². The Labute approximate surface area is 80.8 Å². The molecule has 1 aliphatic heterocycles. The Morgan fingerprint density at radius 3 is 3.00 bits per heavy atom. The van der Waals surface area contributed by atoms with Crippen LogP contribution in [-0.4, -0.2) is 43.8 Å². The predicted molar refractivity (Wildman–Crippen MR) is 54.7 cm³/mol. The van der Waals surface area contributed by atoms with Crippen molar-refractivity contribution in [1.82, 2.24) is 10.2 Å². The van der Waals surface area contributed by atoms with Gasteiger partial charge in [-0.1, -0.05) is 6.58 Å². The van der Waals surface area contributed by atoms with Crippen LogP contribution in [0.5, 0.6) is 0 Å².